The summed E-state index contributed by atoms with van der Waals surface area (Å²) in [5.41, 5.74) is 3.89. The first kappa shape index (κ1) is 33.6. The van der Waals surface area contributed by atoms with Crippen molar-refractivity contribution in [3.63, 3.8) is 0 Å². The number of aliphatic hydroxyl groups is 2. The molecule has 2 aliphatic heterocycles. The lowest BCUT2D eigenvalue weighted by Gasteiger charge is -2.34. The molecule has 49 heavy (non-hydrogen) atoms. The van der Waals surface area contributed by atoms with Crippen molar-refractivity contribution in [1.29, 1.82) is 0 Å². The van der Waals surface area contributed by atoms with E-state index in [-0.39, 0.29) is 35.2 Å². The third-order valence-electron chi connectivity index (χ3n) is 9.16. The van der Waals surface area contributed by atoms with Crippen LogP contribution in [0.5, 0.6) is 0 Å². The molecule has 248 valence electrons. The lowest BCUT2D eigenvalue weighted by atomic mass is 9.86. The number of rotatable bonds is 4. The minimum Gasteiger partial charge on any atom is -0.393 e. The second-order valence-electron chi connectivity index (χ2n) is 12.5. The van der Waals surface area contributed by atoms with E-state index in [9.17, 15) is 28.6 Å². The second-order valence-corrected chi connectivity index (χ2v) is 12.5. The summed E-state index contributed by atoms with van der Waals surface area (Å²) in [5, 5.41) is 20.9. The van der Waals surface area contributed by atoms with Crippen molar-refractivity contribution in [2.45, 2.75) is 37.9 Å². The highest BCUT2D eigenvalue weighted by atomic mass is 19.1. The van der Waals surface area contributed by atoms with E-state index in [0.717, 1.165) is 5.56 Å². The van der Waals surface area contributed by atoms with E-state index in [1.54, 1.807) is 82.6 Å². The Bertz CT molecular complexity index is 1920. The lowest BCUT2D eigenvalue weighted by molar-refractivity contribution is 0.0462. The van der Waals surface area contributed by atoms with Crippen molar-refractivity contribution in [3.05, 3.63) is 142 Å². The largest absolute Gasteiger partial charge is 0.393 e. The van der Waals surface area contributed by atoms with Gasteiger partial charge in [0.1, 0.15) is 11.6 Å². The topological polar surface area (TPSA) is 81.1 Å². The zero-order chi connectivity index (χ0) is 34.3. The number of carbonyl (C=O) groups excluding carboxylic acids is 2. The summed E-state index contributed by atoms with van der Waals surface area (Å²) in [6.45, 7) is 2.01. The highest BCUT2D eigenvalue weighted by molar-refractivity contribution is 5.95. The van der Waals surface area contributed by atoms with Crippen LogP contribution in [0.25, 0.3) is 0 Å². The predicted octanol–water partition coefficient (Wildman–Crippen LogP) is 5.95. The number of carbonyl (C=O) groups is 2. The zero-order valence-electron chi connectivity index (χ0n) is 26.9. The Hall–Kier alpha value is -5.28. The van der Waals surface area contributed by atoms with Crippen LogP contribution >= 0.6 is 0 Å². The third-order valence-corrected chi connectivity index (χ3v) is 9.16. The van der Waals surface area contributed by atoms with Gasteiger partial charge in [0.2, 0.25) is 0 Å². The van der Waals surface area contributed by atoms with Gasteiger partial charge in [-0.15, -0.1) is 0 Å². The van der Waals surface area contributed by atoms with Gasteiger partial charge in [0.25, 0.3) is 11.8 Å². The average molecular weight is 659 g/mol. The number of likely N-dealkylation sites (tertiary alicyclic amines) is 2. The minimum atomic E-state index is -0.835. The van der Waals surface area contributed by atoms with E-state index in [4.69, 9.17) is 0 Å². The normalized spacial score (nSPS) is 15.8. The van der Waals surface area contributed by atoms with Crippen molar-refractivity contribution < 1.29 is 28.6 Å². The van der Waals surface area contributed by atoms with Crippen molar-refractivity contribution in [3.8, 4) is 23.7 Å². The Morgan fingerprint density at radius 3 is 1.59 bits per heavy atom. The predicted molar refractivity (Wildman–Crippen MR) is 182 cm³/mol. The second kappa shape index (κ2) is 15.3. The molecular weight excluding hydrogens is 622 g/mol. The fraction of sp³-hybridized carbons (Fsp3) is 0.268. The SMILES string of the molecule is O=C(c1ccc(C#Cc2cc(C(O)C3CCN(C(=O)c4ccc(C#Cc5ccc(F)cc5)cc4)CC3)ccc2F)cc1)N1CCC(O)CC1. The molecule has 0 bridgehead atoms. The molecule has 2 aliphatic rings. The first-order valence-electron chi connectivity index (χ1n) is 16.5. The maximum Gasteiger partial charge on any atom is 0.253 e. The standard InChI is InChI=1S/C41H36F2N2O4/c42-36-16-8-29(9-17-36)2-1-28-3-10-32(11-4-28)40(48)44-23-19-31(20-24-44)39(47)35-15-18-38(43)34(27-35)14-7-30-5-12-33(13-6-30)41(49)45-25-21-37(46)22-26-45/h3-6,8-13,15-18,27,31,37,39,46-47H,19-26H2. The molecular formula is C41H36F2N2O4. The van der Waals surface area contributed by atoms with Gasteiger partial charge in [0.15, 0.2) is 0 Å². The molecule has 0 aliphatic carbocycles. The van der Waals surface area contributed by atoms with Gasteiger partial charge in [-0.25, -0.2) is 8.78 Å². The lowest BCUT2D eigenvalue weighted by Crippen LogP contribution is -2.40. The Balaban J connectivity index is 1.03. The van der Waals surface area contributed by atoms with E-state index >= 15 is 0 Å². The first-order valence-corrected chi connectivity index (χ1v) is 16.5. The monoisotopic (exact) mass is 658 g/mol. The number of amides is 2. The van der Waals surface area contributed by atoms with Gasteiger partial charge in [0, 0.05) is 54.0 Å². The molecule has 2 saturated heterocycles. The van der Waals surface area contributed by atoms with Crippen molar-refractivity contribution >= 4 is 11.8 Å². The van der Waals surface area contributed by atoms with Gasteiger partial charge in [0.05, 0.1) is 17.8 Å². The molecule has 1 unspecified atom stereocenters. The molecule has 1 atom stereocenters. The Morgan fingerprint density at radius 2 is 1.08 bits per heavy atom. The summed E-state index contributed by atoms with van der Waals surface area (Å²) < 4.78 is 27.8. The van der Waals surface area contributed by atoms with Gasteiger partial charge in [-0.1, -0.05) is 29.7 Å². The number of piperidine rings is 2. The Labute approximate surface area is 285 Å². The van der Waals surface area contributed by atoms with Crippen LogP contribution in [0.3, 0.4) is 0 Å². The number of halogens is 2. The van der Waals surface area contributed by atoms with Gasteiger partial charge in [-0.2, -0.15) is 0 Å². The molecule has 0 aromatic heterocycles. The van der Waals surface area contributed by atoms with E-state index in [2.05, 4.69) is 23.7 Å². The summed E-state index contributed by atoms with van der Waals surface area (Å²) >= 11 is 0. The van der Waals surface area contributed by atoms with Crippen LogP contribution in [-0.4, -0.2) is 64.1 Å². The number of hydrogen-bond donors (Lipinski definition) is 2. The Kier molecular flexibility index (Phi) is 10.5. The van der Waals surface area contributed by atoms with Crippen LogP contribution in [0.1, 0.15) is 80.3 Å². The van der Waals surface area contributed by atoms with Gasteiger partial charge in [-0.05, 0) is 122 Å². The molecule has 2 N–H and O–H groups in total. The summed E-state index contributed by atoms with van der Waals surface area (Å²) in [6.07, 6.45) is 1.14. The molecule has 6 nitrogen and oxygen atoms in total. The fourth-order valence-corrected chi connectivity index (χ4v) is 6.16. The molecule has 2 fully saturated rings. The van der Waals surface area contributed by atoms with Gasteiger partial charge >= 0.3 is 0 Å². The van der Waals surface area contributed by atoms with E-state index < -0.39 is 11.9 Å². The molecule has 4 aromatic rings. The minimum absolute atomic E-state index is 0.0883. The maximum atomic E-state index is 14.7. The summed E-state index contributed by atoms with van der Waals surface area (Å²) in [4.78, 5) is 29.5. The molecule has 0 spiro atoms. The highest BCUT2D eigenvalue weighted by Gasteiger charge is 2.29. The van der Waals surface area contributed by atoms with Crippen LogP contribution in [0.15, 0.2) is 91.0 Å². The molecule has 2 heterocycles. The van der Waals surface area contributed by atoms with Crippen molar-refractivity contribution in [2.75, 3.05) is 26.2 Å². The maximum absolute atomic E-state index is 14.7. The van der Waals surface area contributed by atoms with Crippen molar-refractivity contribution in [2.24, 2.45) is 5.92 Å². The van der Waals surface area contributed by atoms with Crippen LogP contribution in [0, 0.1) is 41.2 Å². The number of hydrogen-bond acceptors (Lipinski definition) is 4. The van der Waals surface area contributed by atoms with Gasteiger partial charge in [-0.3, -0.25) is 9.59 Å². The quantitative estimate of drug-likeness (QED) is 0.266. The number of nitrogens with zero attached hydrogens (tertiary/aromatic N) is 2. The molecule has 0 saturated carbocycles. The summed E-state index contributed by atoms with van der Waals surface area (Å²) in [6, 6.07) is 24.3. The van der Waals surface area contributed by atoms with Gasteiger partial charge < -0.3 is 20.0 Å². The summed E-state index contributed by atoms with van der Waals surface area (Å²) in [5.74, 6) is 10.8. The van der Waals surface area contributed by atoms with E-state index in [1.807, 2.05) is 0 Å². The smallest absolute Gasteiger partial charge is 0.253 e. The van der Waals surface area contributed by atoms with Crippen molar-refractivity contribution in [1.82, 2.24) is 9.80 Å². The summed E-state index contributed by atoms with van der Waals surface area (Å²) in [7, 11) is 0. The fourth-order valence-electron chi connectivity index (χ4n) is 6.16. The molecule has 4 aromatic carbocycles. The molecule has 2 amide bonds. The van der Waals surface area contributed by atoms with E-state index in [1.165, 1.54) is 18.2 Å². The number of aliphatic hydroxyl groups excluding tert-OH is 2. The Morgan fingerprint density at radius 1 is 0.633 bits per heavy atom. The van der Waals surface area contributed by atoms with Crippen LogP contribution in [0.2, 0.25) is 0 Å². The zero-order valence-corrected chi connectivity index (χ0v) is 26.9. The average Bonchev–Trinajstić information content (AvgIpc) is 3.14. The third kappa shape index (κ3) is 8.42. The molecule has 8 heteroatoms. The first-order chi connectivity index (χ1) is 23.7. The van der Waals surface area contributed by atoms with Crippen LogP contribution in [0.4, 0.5) is 8.78 Å². The molecule has 0 radical (unpaired) electrons. The van der Waals surface area contributed by atoms with E-state index in [0.29, 0.717) is 79.7 Å². The highest BCUT2D eigenvalue weighted by Crippen LogP contribution is 2.32. The number of benzene rings is 4. The van der Waals surface area contributed by atoms with Crippen LogP contribution < -0.4 is 0 Å². The van der Waals surface area contributed by atoms with Crippen LogP contribution in [-0.2, 0) is 0 Å². The molecule has 6 rings (SSSR count).